The third-order valence-corrected chi connectivity index (χ3v) is 2.95. The van der Waals surface area contributed by atoms with Crippen molar-refractivity contribution >= 4 is 0 Å². The molecule has 1 N–H and O–H groups in total. The number of nitrogens with one attached hydrogen (secondary N) is 1. The minimum absolute atomic E-state index is 0.722. The van der Waals surface area contributed by atoms with Crippen LogP contribution in [-0.4, -0.2) is 12.6 Å². The van der Waals surface area contributed by atoms with Crippen molar-refractivity contribution in [3.05, 3.63) is 12.2 Å². The zero-order valence-electron chi connectivity index (χ0n) is 8.56. The summed E-state index contributed by atoms with van der Waals surface area (Å²) in [4.78, 5) is 0. The van der Waals surface area contributed by atoms with Gasteiger partial charge in [-0.1, -0.05) is 26.0 Å². The van der Waals surface area contributed by atoms with Crippen LogP contribution in [0, 0.1) is 11.8 Å². The summed E-state index contributed by atoms with van der Waals surface area (Å²) >= 11 is 0. The fourth-order valence-corrected chi connectivity index (χ4v) is 1.87. The van der Waals surface area contributed by atoms with Gasteiger partial charge in [-0.2, -0.15) is 0 Å². The fraction of sp³-hybridized carbons (Fsp3) is 0.818. The summed E-state index contributed by atoms with van der Waals surface area (Å²) in [5, 5.41) is 3.59. The van der Waals surface area contributed by atoms with Crippen LogP contribution in [0.2, 0.25) is 0 Å². The number of piperidine rings is 1. The molecular weight excluding hydrogens is 146 g/mol. The van der Waals surface area contributed by atoms with Crippen molar-refractivity contribution in [1.29, 1.82) is 0 Å². The molecular formula is C11H21N. The highest BCUT2D eigenvalue weighted by molar-refractivity contribution is 4.99. The van der Waals surface area contributed by atoms with E-state index in [9.17, 15) is 0 Å². The van der Waals surface area contributed by atoms with Crippen molar-refractivity contribution in [2.24, 2.45) is 11.8 Å². The maximum Gasteiger partial charge on any atom is 0.00905 e. The molecule has 0 aromatic carbocycles. The Balaban J connectivity index is 2.34. The molecule has 2 unspecified atom stereocenters. The molecule has 0 amide bonds. The van der Waals surface area contributed by atoms with Gasteiger partial charge in [0.25, 0.3) is 0 Å². The number of rotatable bonds is 2. The molecule has 0 aliphatic carbocycles. The monoisotopic (exact) mass is 167 g/mol. The molecule has 1 aliphatic heterocycles. The topological polar surface area (TPSA) is 12.0 Å². The zero-order valence-corrected chi connectivity index (χ0v) is 8.56. The van der Waals surface area contributed by atoms with E-state index in [1.165, 1.54) is 18.4 Å². The minimum Gasteiger partial charge on any atom is -0.313 e. The van der Waals surface area contributed by atoms with Gasteiger partial charge in [-0.05, 0) is 31.6 Å². The fourth-order valence-electron chi connectivity index (χ4n) is 1.87. The molecule has 0 aromatic heterocycles. The van der Waals surface area contributed by atoms with E-state index >= 15 is 0 Å². The van der Waals surface area contributed by atoms with Crippen molar-refractivity contribution in [2.75, 3.05) is 6.54 Å². The summed E-state index contributed by atoms with van der Waals surface area (Å²) < 4.78 is 0. The van der Waals surface area contributed by atoms with Crippen LogP contribution in [0.5, 0.6) is 0 Å². The van der Waals surface area contributed by atoms with Gasteiger partial charge in [0, 0.05) is 12.6 Å². The van der Waals surface area contributed by atoms with Crippen LogP contribution in [0.25, 0.3) is 0 Å². The Kier molecular flexibility index (Phi) is 3.33. The van der Waals surface area contributed by atoms with Crippen molar-refractivity contribution in [3.8, 4) is 0 Å². The lowest BCUT2D eigenvalue weighted by Crippen LogP contribution is -2.42. The summed E-state index contributed by atoms with van der Waals surface area (Å²) in [7, 11) is 0. The molecule has 1 heterocycles. The van der Waals surface area contributed by atoms with Gasteiger partial charge in [0.1, 0.15) is 0 Å². The highest BCUT2D eigenvalue weighted by Gasteiger charge is 2.22. The van der Waals surface area contributed by atoms with Crippen LogP contribution < -0.4 is 5.32 Å². The molecule has 0 radical (unpaired) electrons. The molecule has 12 heavy (non-hydrogen) atoms. The molecule has 0 bridgehead atoms. The van der Waals surface area contributed by atoms with Crippen molar-refractivity contribution in [2.45, 2.75) is 39.7 Å². The summed E-state index contributed by atoms with van der Waals surface area (Å²) in [5.74, 6) is 1.50. The second-order valence-corrected chi connectivity index (χ2v) is 4.38. The van der Waals surface area contributed by atoms with Crippen molar-refractivity contribution in [1.82, 2.24) is 5.32 Å². The maximum absolute atomic E-state index is 4.01. The van der Waals surface area contributed by atoms with E-state index in [4.69, 9.17) is 0 Å². The van der Waals surface area contributed by atoms with E-state index in [-0.39, 0.29) is 0 Å². The number of hydrogen-bond donors (Lipinski definition) is 1. The smallest absolute Gasteiger partial charge is 0.00905 e. The van der Waals surface area contributed by atoms with Crippen LogP contribution in [0.3, 0.4) is 0 Å². The first-order chi connectivity index (χ1) is 5.61. The molecule has 1 rings (SSSR count). The summed E-state index contributed by atoms with van der Waals surface area (Å²) in [6, 6.07) is 0.737. The molecule has 1 saturated heterocycles. The predicted octanol–water partition coefficient (Wildman–Crippen LogP) is 2.59. The SMILES string of the molecule is C=C(C)C1CCC(C(C)C)NC1. The highest BCUT2D eigenvalue weighted by atomic mass is 14.9. The van der Waals surface area contributed by atoms with E-state index in [1.54, 1.807) is 0 Å². The normalized spacial score (nSPS) is 30.7. The van der Waals surface area contributed by atoms with E-state index in [2.05, 4.69) is 32.7 Å². The Hall–Kier alpha value is -0.300. The second-order valence-electron chi connectivity index (χ2n) is 4.38. The van der Waals surface area contributed by atoms with Gasteiger partial charge < -0.3 is 5.32 Å². The van der Waals surface area contributed by atoms with Crippen LogP contribution in [0.1, 0.15) is 33.6 Å². The molecule has 1 aliphatic rings. The van der Waals surface area contributed by atoms with Crippen LogP contribution in [0.4, 0.5) is 0 Å². The largest absolute Gasteiger partial charge is 0.313 e. The van der Waals surface area contributed by atoms with Gasteiger partial charge in [0.15, 0.2) is 0 Å². The lowest BCUT2D eigenvalue weighted by Gasteiger charge is -2.32. The molecule has 2 atom stereocenters. The van der Waals surface area contributed by atoms with Crippen LogP contribution >= 0.6 is 0 Å². The van der Waals surface area contributed by atoms with Gasteiger partial charge in [0.05, 0.1) is 0 Å². The van der Waals surface area contributed by atoms with E-state index in [1.807, 2.05) is 0 Å². The van der Waals surface area contributed by atoms with Gasteiger partial charge >= 0.3 is 0 Å². The highest BCUT2D eigenvalue weighted by Crippen LogP contribution is 2.23. The quantitative estimate of drug-likeness (QED) is 0.623. The van der Waals surface area contributed by atoms with E-state index < -0.39 is 0 Å². The predicted molar refractivity (Wildman–Crippen MR) is 54.2 cm³/mol. The first-order valence-electron chi connectivity index (χ1n) is 5.00. The average molecular weight is 167 g/mol. The van der Waals surface area contributed by atoms with Crippen molar-refractivity contribution in [3.63, 3.8) is 0 Å². The summed E-state index contributed by atoms with van der Waals surface area (Å²) in [6.45, 7) is 11.9. The van der Waals surface area contributed by atoms with Gasteiger partial charge in [-0.3, -0.25) is 0 Å². The lowest BCUT2D eigenvalue weighted by atomic mass is 9.86. The Morgan fingerprint density at radius 1 is 1.42 bits per heavy atom. The third-order valence-electron chi connectivity index (χ3n) is 2.95. The zero-order chi connectivity index (χ0) is 9.14. The van der Waals surface area contributed by atoms with E-state index in [0.717, 1.165) is 24.4 Å². The Labute approximate surface area is 76.2 Å². The van der Waals surface area contributed by atoms with E-state index in [0.29, 0.717) is 0 Å². The van der Waals surface area contributed by atoms with Gasteiger partial charge in [0.2, 0.25) is 0 Å². The lowest BCUT2D eigenvalue weighted by molar-refractivity contribution is 0.285. The molecule has 0 saturated carbocycles. The molecule has 1 heteroatoms. The molecule has 1 fully saturated rings. The average Bonchev–Trinajstić information content (AvgIpc) is 2.04. The molecule has 70 valence electrons. The second kappa shape index (κ2) is 4.08. The molecule has 1 nitrogen and oxygen atoms in total. The molecule has 0 spiro atoms. The van der Waals surface area contributed by atoms with Crippen LogP contribution in [-0.2, 0) is 0 Å². The maximum atomic E-state index is 4.01. The third kappa shape index (κ3) is 2.34. The first kappa shape index (κ1) is 9.79. The Morgan fingerprint density at radius 2 is 2.08 bits per heavy atom. The Morgan fingerprint density at radius 3 is 2.42 bits per heavy atom. The van der Waals surface area contributed by atoms with Crippen LogP contribution in [0.15, 0.2) is 12.2 Å². The standard InChI is InChI=1S/C11H21N/c1-8(2)10-5-6-11(9(3)4)12-7-10/h9-12H,1,5-7H2,2-4H3. The first-order valence-corrected chi connectivity index (χ1v) is 5.00. The Bertz CT molecular complexity index is 152. The molecule has 0 aromatic rings. The summed E-state index contributed by atoms with van der Waals surface area (Å²) in [6.07, 6.45) is 2.64. The van der Waals surface area contributed by atoms with Gasteiger partial charge in [-0.25, -0.2) is 0 Å². The minimum atomic E-state index is 0.722. The van der Waals surface area contributed by atoms with Crippen molar-refractivity contribution < 1.29 is 0 Å². The van der Waals surface area contributed by atoms with Gasteiger partial charge in [-0.15, -0.1) is 0 Å². The number of hydrogen-bond acceptors (Lipinski definition) is 1. The summed E-state index contributed by atoms with van der Waals surface area (Å²) in [5.41, 5.74) is 1.34.